The van der Waals surface area contributed by atoms with Crippen LogP contribution >= 0.6 is 0 Å². The standard InChI is InChI=1S/C15H19N3/c1-10-4-12(8-16)7-15(18-10)17-9-14-6-11-2-3-13(14)5-11/h4,7,11,13-14H,2-3,5-6,9H2,1H3,(H,17,18). The summed E-state index contributed by atoms with van der Waals surface area (Å²) in [4.78, 5) is 4.44. The van der Waals surface area contributed by atoms with E-state index in [0.717, 1.165) is 35.8 Å². The van der Waals surface area contributed by atoms with Gasteiger partial charge in [0.1, 0.15) is 5.82 Å². The highest BCUT2D eigenvalue weighted by Gasteiger charge is 2.39. The second kappa shape index (κ2) is 4.61. The van der Waals surface area contributed by atoms with E-state index in [1.165, 1.54) is 25.7 Å². The number of hydrogen-bond donors (Lipinski definition) is 1. The molecule has 3 nitrogen and oxygen atoms in total. The summed E-state index contributed by atoms with van der Waals surface area (Å²) in [6, 6.07) is 5.85. The molecular weight excluding hydrogens is 222 g/mol. The molecular formula is C15H19N3. The predicted octanol–water partition coefficient (Wildman–Crippen LogP) is 3.11. The highest BCUT2D eigenvalue weighted by atomic mass is 15.0. The van der Waals surface area contributed by atoms with Crippen molar-refractivity contribution in [3.8, 4) is 6.07 Å². The second-order valence-corrected chi connectivity index (χ2v) is 5.81. The van der Waals surface area contributed by atoms with Crippen LogP contribution in [-0.2, 0) is 0 Å². The molecule has 3 heteroatoms. The van der Waals surface area contributed by atoms with E-state index in [1.807, 2.05) is 19.1 Å². The van der Waals surface area contributed by atoms with E-state index < -0.39 is 0 Å². The molecule has 2 bridgehead atoms. The van der Waals surface area contributed by atoms with Crippen LogP contribution in [0.3, 0.4) is 0 Å². The number of pyridine rings is 1. The highest BCUT2D eigenvalue weighted by Crippen LogP contribution is 2.48. The topological polar surface area (TPSA) is 48.7 Å². The van der Waals surface area contributed by atoms with Gasteiger partial charge in [0.2, 0.25) is 0 Å². The van der Waals surface area contributed by atoms with E-state index in [4.69, 9.17) is 5.26 Å². The molecule has 0 aromatic carbocycles. The predicted molar refractivity (Wildman–Crippen MR) is 71.1 cm³/mol. The van der Waals surface area contributed by atoms with Gasteiger partial charge in [-0.1, -0.05) is 6.42 Å². The van der Waals surface area contributed by atoms with Crippen LogP contribution < -0.4 is 5.32 Å². The van der Waals surface area contributed by atoms with Gasteiger partial charge in [-0.05, 0) is 56.1 Å². The molecule has 0 aliphatic heterocycles. The fraction of sp³-hybridized carbons (Fsp3) is 0.600. The van der Waals surface area contributed by atoms with Crippen LogP contribution in [0.25, 0.3) is 0 Å². The van der Waals surface area contributed by atoms with Gasteiger partial charge in [0, 0.05) is 12.2 Å². The third-order valence-corrected chi connectivity index (χ3v) is 4.51. The molecule has 3 unspecified atom stereocenters. The zero-order valence-electron chi connectivity index (χ0n) is 10.8. The van der Waals surface area contributed by atoms with E-state index in [2.05, 4.69) is 16.4 Å². The van der Waals surface area contributed by atoms with Crippen LogP contribution in [0.5, 0.6) is 0 Å². The lowest BCUT2D eigenvalue weighted by atomic mass is 9.89. The second-order valence-electron chi connectivity index (χ2n) is 5.81. The first kappa shape index (κ1) is 11.5. The van der Waals surface area contributed by atoms with E-state index in [1.54, 1.807) is 0 Å². The Labute approximate surface area is 108 Å². The van der Waals surface area contributed by atoms with E-state index in [-0.39, 0.29) is 0 Å². The summed E-state index contributed by atoms with van der Waals surface area (Å²) in [6.07, 6.45) is 5.69. The summed E-state index contributed by atoms with van der Waals surface area (Å²) < 4.78 is 0. The van der Waals surface area contributed by atoms with Gasteiger partial charge in [-0.2, -0.15) is 5.26 Å². The normalized spacial score (nSPS) is 29.2. The minimum Gasteiger partial charge on any atom is -0.370 e. The Kier molecular flexibility index (Phi) is 2.95. The van der Waals surface area contributed by atoms with Crippen molar-refractivity contribution >= 4 is 5.82 Å². The zero-order chi connectivity index (χ0) is 12.5. The van der Waals surface area contributed by atoms with Gasteiger partial charge in [0.15, 0.2) is 0 Å². The van der Waals surface area contributed by atoms with Crippen LogP contribution in [0.2, 0.25) is 0 Å². The maximum absolute atomic E-state index is 8.95. The molecule has 2 saturated carbocycles. The molecule has 2 aliphatic rings. The van der Waals surface area contributed by atoms with Gasteiger partial charge < -0.3 is 5.32 Å². The SMILES string of the molecule is Cc1cc(C#N)cc(NCC2CC3CCC2C3)n1. The highest BCUT2D eigenvalue weighted by molar-refractivity contribution is 5.44. The number of aryl methyl sites for hydroxylation is 1. The molecule has 0 amide bonds. The van der Waals surface area contributed by atoms with E-state index in [9.17, 15) is 0 Å². The first-order valence-corrected chi connectivity index (χ1v) is 6.87. The number of anilines is 1. The summed E-state index contributed by atoms with van der Waals surface area (Å²) in [5.41, 5.74) is 1.60. The summed E-state index contributed by atoms with van der Waals surface area (Å²) in [7, 11) is 0. The number of hydrogen-bond acceptors (Lipinski definition) is 3. The number of nitrogens with one attached hydrogen (secondary N) is 1. The number of fused-ring (bicyclic) bond motifs is 2. The van der Waals surface area contributed by atoms with Gasteiger partial charge in [0.25, 0.3) is 0 Å². The fourth-order valence-electron chi connectivity index (χ4n) is 3.69. The molecule has 94 valence electrons. The lowest BCUT2D eigenvalue weighted by Gasteiger charge is -2.22. The molecule has 1 heterocycles. The van der Waals surface area contributed by atoms with Crippen molar-refractivity contribution in [2.75, 3.05) is 11.9 Å². The average molecular weight is 241 g/mol. The third-order valence-electron chi connectivity index (χ3n) is 4.51. The van der Waals surface area contributed by atoms with Crippen LogP contribution in [0, 0.1) is 36.0 Å². The Balaban J connectivity index is 1.63. The molecule has 0 saturated heterocycles. The molecule has 1 aromatic heterocycles. The van der Waals surface area contributed by atoms with Gasteiger partial charge in [-0.3, -0.25) is 0 Å². The van der Waals surface area contributed by atoms with E-state index >= 15 is 0 Å². The number of nitriles is 1. The lowest BCUT2D eigenvalue weighted by Crippen LogP contribution is -2.20. The van der Waals surface area contributed by atoms with Crippen molar-refractivity contribution in [2.45, 2.75) is 32.6 Å². The number of rotatable bonds is 3. The van der Waals surface area contributed by atoms with Crippen molar-refractivity contribution in [1.29, 1.82) is 5.26 Å². The Hall–Kier alpha value is -1.56. The van der Waals surface area contributed by atoms with Gasteiger partial charge in [0.05, 0.1) is 11.6 Å². The van der Waals surface area contributed by atoms with Crippen molar-refractivity contribution < 1.29 is 0 Å². The molecule has 3 rings (SSSR count). The maximum atomic E-state index is 8.95. The molecule has 18 heavy (non-hydrogen) atoms. The van der Waals surface area contributed by atoms with Gasteiger partial charge >= 0.3 is 0 Å². The smallest absolute Gasteiger partial charge is 0.127 e. The maximum Gasteiger partial charge on any atom is 0.127 e. The molecule has 1 N–H and O–H groups in total. The number of nitrogens with zero attached hydrogens (tertiary/aromatic N) is 2. The van der Waals surface area contributed by atoms with Crippen LogP contribution in [0.4, 0.5) is 5.82 Å². The molecule has 3 atom stereocenters. The zero-order valence-corrected chi connectivity index (χ0v) is 10.8. The first-order valence-electron chi connectivity index (χ1n) is 6.87. The van der Waals surface area contributed by atoms with Gasteiger partial charge in [-0.25, -0.2) is 4.98 Å². The van der Waals surface area contributed by atoms with E-state index in [0.29, 0.717) is 5.56 Å². The van der Waals surface area contributed by atoms with Crippen LogP contribution in [0.15, 0.2) is 12.1 Å². The Bertz CT molecular complexity index is 489. The van der Waals surface area contributed by atoms with Crippen molar-refractivity contribution in [1.82, 2.24) is 4.98 Å². The molecule has 2 aliphatic carbocycles. The Morgan fingerprint density at radius 2 is 2.28 bits per heavy atom. The summed E-state index contributed by atoms with van der Waals surface area (Å²) in [6.45, 7) is 2.95. The molecule has 0 spiro atoms. The fourth-order valence-corrected chi connectivity index (χ4v) is 3.69. The summed E-state index contributed by atoms with van der Waals surface area (Å²) in [5, 5.41) is 12.4. The van der Waals surface area contributed by atoms with Crippen molar-refractivity contribution in [3.05, 3.63) is 23.4 Å². The van der Waals surface area contributed by atoms with Crippen LogP contribution in [-0.4, -0.2) is 11.5 Å². The first-order chi connectivity index (χ1) is 8.74. The molecule has 0 radical (unpaired) electrons. The largest absolute Gasteiger partial charge is 0.370 e. The summed E-state index contributed by atoms with van der Waals surface area (Å²) >= 11 is 0. The minimum atomic E-state index is 0.693. The molecule has 2 fully saturated rings. The van der Waals surface area contributed by atoms with Crippen molar-refractivity contribution in [3.63, 3.8) is 0 Å². The van der Waals surface area contributed by atoms with Crippen LogP contribution in [0.1, 0.15) is 36.9 Å². The number of aromatic nitrogens is 1. The Morgan fingerprint density at radius 1 is 1.39 bits per heavy atom. The monoisotopic (exact) mass is 241 g/mol. The summed E-state index contributed by atoms with van der Waals surface area (Å²) in [5.74, 6) is 3.59. The quantitative estimate of drug-likeness (QED) is 0.884. The third kappa shape index (κ3) is 2.20. The van der Waals surface area contributed by atoms with Gasteiger partial charge in [-0.15, -0.1) is 0 Å². The molecule has 1 aromatic rings. The average Bonchev–Trinajstić information content (AvgIpc) is 2.97. The van der Waals surface area contributed by atoms with Crippen molar-refractivity contribution in [2.24, 2.45) is 17.8 Å². The minimum absolute atomic E-state index is 0.693. The Morgan fingerprint density at radius 3 is 2.94 bits per heavy atom. The lowest BCUT2D eigenvalue weighted by molar-refractivity contribution is 0.348.